The number of likely N-dealkylation sites (tertiary alicyclic amines) is 1. The van der Waals surface area contributed by atoms with Crippen LogP contribution in [-0.4, -0.2) is 23.9 Å². The van der Waals surface area contributed by atoms with Crippen molar-refractivity contribution in [1.82, 2.24) is 4.90 Å². The Morgan fingerprint density at radius 2 is 1.91 bits per heavy atom. The van der Waals surface area contributed by atoms with Gasteiger partial charge in [0.15, 0.2) is 0 Å². The summed E-state index contributed by atoms with van der Waals surface area (Å²) in [5.41, 5.74) is 4.69. The Morgan fingerprint density at radius 1 is 1.14 bits per heavy atom. The molecular weight excluding hydrogens is 270 g/mol. The van der Waals surface area contributed by atoms with Gasteiger partial charge in [-0.2, -0.15) is 0 Å². The van der Waals surface area contributed by atoms with Gasteiger partial charge in [0, 0.05) is 19.0 Å². The van der Waals surface area contributed by atoms with E-state index in [2.05, 4.69) is 30.0 Å². The van der Waals surface area contributed by atoms with E-state index >= 15 is 0 Å². The first kappa shape index (κ1) is 14.3. The quantitative estimate of drug-likeness (QED) is 0.828. The summed E-state index contributed by atoms with van der Waals surface area (Å²) in [5, 5.41) is 0. The van der Waals surface area contributed by atoms with Crippen molar-refractivity contribution >= 4 is 5.91 Å². The van der Waals surface area contributed by atoms with E-state index in [1.165, 1.54) is 31.2 Å². The molecular formula is C20H27NO. The summed E-state index contributed by atoms with van der Waals surface area (Å²) < 4.78 is 0. The van der Waals surface area contributed by atoms with Gasteiger partial charge in [0.1, 0.15) is 0 Å². The zero-order valence-electron chi connectivity index (χ0n) is 13.7. The predicted octanol–water partition coefficient (Wildman–Crippen LogP) is 3.93. The summed E-state index contributed by atoms with van der Waals surface area (Å²) in [5.74, 6) is 2.37. The zero-order chi connectivity index (χ0) is 15.1. The van der Waals surface area contributed by atoms with Gasteiger partial charge in [-0.15, -0.1) is 0 Å². The highest BCUT2D eigenvalue weighted by Crippen LogP contribution is 2.43. The van der Waals surface area contributed by atoms with E-state index in [0.717, 1.165) is 44.2 Å². The van der Waals surface area contributed by atoms with E-state index in [-0.39, 0.29) is 0 Å². The molecule has 3 aliphatic rings. The first-order chi connectivity index (χ1) is 10.8. The van der Waals surface area contributed by atoms with E-state index in [9.17, 15) is 4.79 Å². The van der Waals surface area contributed by atoms with Crippen LogP contribution in [0.15, 0.2) is 18.2 Å². The van der Waals surface area contributed by atoms with Crippen LogP contribution in [0.1, 0.15) is 61.6 Å². The van der Waals surface area contributed by atoms with E-state index in [1.54, 1.807) is 11.1 Å². The molecule has 1 heterocycles. The third kappa shape index (κ3) is 2.57. The molecule has 4 rings (SSSR count). The maximum absolute atomic E-state index is 12.2. The standard InChI is InChI=1S/C20H27NO/c1-2-14-3-4-15-7-8-18(19(15)13-14)16-9-11-21(12-10-16)20(22)17-5-6-17/h3-4,13,16-18H,2,5-12H2,1H3. The van der Waals surface area contributed by atoms with Crippen LogP contribution in [0.2, 0.25) is 0 Å². The third-order valence-electron chi connectivity index (χ3n) is 6.09. The van der Waals surface area contributed by atoms with Gasteiger partial charge in [0.2, 0.25) is 5.91 Å². The van der Waals surface area contributed by atoms with Crippen LogP contribution < -0.4 is 0 Å². The number of carbonyl (C=O) groups excluding carboxylic acids is 1. The number of carbonyl (C=O) groups is 1. The van der Waals surface area contributed by atoms with Gasteiger partial charge in [-0.1, -0.05) is 25.1 Å². The lowest BCUT2D eigenvalue weighted by Gasteiger charge is -2.35. The molecule has 1 unspecified atom stereocenters. The number of hydrogen-bond donors (Lipinski definition) is 0. The minimum absolute atomic E-state index is 0.385. The number of benzene rings is 1. The summed E-state index contributed by atoms with van der Waals surface area (Å²) >= 11 is 0. The second kappa shape index (κ2) is 5.72. The molecule has 0 spiro atoms. The Bertz CT molecular complexity index is 567. The van der Waals surface area contributed by atoms with Gasteiger partial charge >= 0.3 is 0 Å². The van der Waals surface area contributed by atoms with Crippen molar-refractivity contribution in [3.8, 4) is 0 Å². The van der Waals surface area contributed by atoms with Gasteiger partial charge in [-0.25, -0.2) is 0 Å². The van der Waals surface area contributed by atoms with Crippen molar-refractivity contribution in [2.45, 2.75) is 57.8 Å². The molecule has 2 fully saturated rings. The lowest BCUT2D eigenvalue weighted by atomic mass is 9.80. The second-order valence-corrected chi connectivity index (χ2v) is 7.47. The lowest BCUT2D eigenvalue weighted by molar-refractivity contribution is -0.134. The summed E-state index contributed by atoms with van der Waals surface area (Å²) in [7, 11) is 0. The highest BCUT2D eigenvalue weighted by molar-refractivity contribution is 5.81. The number of aryl methyl sites for hydroxylation is 2. The molecule has 2 heteroatoms. The number of amides is 1. The van der Waals surface area contributed by atoms with Crippen molar-refractivity contribution in [2.75, 3.05) is 13.1 Å². The fourth-order valence-electron chi connectivity index (χ4n) is 4.50. The molecule has 0 radical (unpaired) electrons. The number of rotatable bonds is 3. The monoisotopic (exact) mass is 297 g/mol. The molecule has 2 nitrogen and oxygen atoms in total. The first-order valence-corrected chi connectivity index (χ1v) is 9.16. The average molecular weight is 297 g/mol. The SMILES string of the molecule is CCc1ccc2c(c1)C(C1CCN(C(=O)C3CC3)CC1)CC2. The van der Waals surface area contributed by atoms with Crippen LogP contribution in [0.4, 0.5) is 0 Å². The van der Waals surface area contributed by atoms with Crippen LogP contribution in [0.3, 0.4) is 0 Å². The summed E-state index contributed by atoms with van der Waals surface area (Å²) in [6, 6.07) is 7.13. The second-order valence-electron chi connectivity index (χ2n) is 7.47. The van der Waals surface area contributed by atoms with E-state index < -0.39 is 0 Å². The van der Waals surface area contributed by atoms with Crippen LogP contribution in [-0.2, 0) is 17.6 Å². The summed E-state index contributed by atoms with van der Waals surface area (Å²) in [6.07, 6.45) is 8.39. The Morgan fingerprint density at radius 3 is 2.59 bits per heavy atom. The van der Waals surface area contributed by atoms with Gasteiger partial charge in [-0.3, -0.25) is 4.79 Å². The zero-order valence-corrected chi connectivity index (χ0v) is 13.7. The number of nitrogens with zero attached hydrogens (tertiary/aromatic N) is 1. The molecule has 118 valence electrons. The normalized spacial score (nSPS) is 25.3. The topological polar surface area (TPSA) is 20.3 Å². The molecule has 0 aromatic heterocycles. The minimum atomic E-state index is 0.385. The molecule has 1 aliphatic heterocycles. The highest BCUT2D eigenvalue weighted by atomic mass is 16.2. The van der Waals surface area contributed by atoms with E-state index in [0.29, 0.717) is 11.8 Å². The van der Waals surface area contributed by atoms with Gasteiger partial charge in [0.25, 0.3) is 0 Å². The Hall–Kier alpha value is -1.31. The molecule has 1 aromatic carbocycles. The Kier molecular flexibility index (Phi) is 3.71. The van der Waals surface area contributed by atoms with Crippen molar-refractivity contribution in [1.29, 1.82) is 0 Å². The molecule has 22 heavy (non-hydrogen) atoms. The van der Waals surface area contributed by atoms with Crippen LogP contribution in [0.25, 0.3) is 0 Å². The smallest absolute Gasteiger partial charge is 0.225 e. The minimum Gasteiger partial charge on any atom is -0.342 e. The molecule has 0 N–H and O–H groups in total. The van der Waals surface area contributed by atoms with Gasteiger partial charge in [0.05, 0.1) is 0 Å². The van der Waals surface area contributed by atoms with Gasteiger partial charge < -0.3 is 4.90 Å². The van der Waals surface area contributed by atoms with Crippen LogP contribution in [0, 0.1) is 11.8 Å². The first-order valence-electron chi connectivity index (χ1n) is 9.16. The third-order valence-corrected chi connectivity index (χ3v) is 6.09. The summed E-state index contributed by atoms with van der Waals surface area (Å²) in [6.45, 7) is 4.24. The molecule has 0 bridgehead atoms. The van der Waals surface area contributed by atoms with Crippen LogP contribution in [0.5, 0.6) is 0 Å². The molecule has 1 aromatic rings. The fraction of sp³-hybridized carbons (Fsp3) is 0.650. The van der Waals surface area contributed by atoms with Crippen molar-refractivity contribution in [2.24, 2.45) is 11.8 Å². The van der Waals surface area contributed by atoms with Crippen molar-refractivity contribution in [3.63, 3.8) is 0 Å². The van der Waals surface area contributed by atoms with Crippen LogP contribution >= 0.6 is 0 Å². The van der Waals surface area contributed by atoms with Crippen molar-refractivity contribution in [3.05, 3.63) is 34.9 Å². The highest BCUT2D eigenvalue weighted by Gasteiger charge is 2.37. The number of fused-ring (bicyclic) bond motifs is 1. The average Bonchev–Trinajstić information content (AvgIpc) is 3.33. The Labute approximate surface area is 133 Å². The fourth-order valence-corrected chi connectivity index (χ4v) is 4.50. The molecule has 1 saturated carbocycles. The largest absolute Gasteiger partial charge is 0.342 e. The van der Waals surface area contributed by atoms with Gasteiger partial charge in [-0.05, 0) is 73.5 Å². The van der Waals surface area contributed by atoms with Crippen molar-refractivity contribution < 1.29 is 4.79 Å². The maximum Gasteiger partial charge on any atom is 0.225 e. The maximum atomic E-state index is 12.2. The Balaban J connectivity index is 1.43. The van der Waals surface area contributed by atoms with E-state index in [1.807, 2.05) is 0 Å². The predicted molar refractivity (Wildman–Crippen MR) is 88.9 cm³/mol. The lowest BCUT2D eigenvalue weighted by Crippen LogP contribution is -2.40. The molecule has 2 aliphatic carbocycles. The van der Waals surface area contributed by atoms with E-state index in [4.69, 9.17) is 0 Å². The molecule has 1 saturated heterocycles. The summed E-state index contributed by atoms with van der Waals surface area (Å²) in [4.78, 5) is 14.3. The molecule has 1 atom stereocenters. The number of hydrogen-bond acceptors (Lipinski definition) is 1. The number of piperidine rings is 1. The molecule has 1 amide bonds.